The summed E-state index contributed by atoms with van der Waals surface area (Å²) in [4.78, 5) is 25.5. The molecule has 0 spiro atoms. The summed E-state index contributed by atoms with van der Waals surface area (Å²) in [5.41, 5.74) is 0.942. The SMILES string of the molecule is O=C(NC[C@@H]1CCCO1)c1ccc(N2CCCCCC2)c([N+](=O)[O-])c1. The molecular formula is C18H25N3O4. The number of nitro groups is 1. The molecule has 2 saturated heterocycles. The van der Waals surface area contributed by atoms with E-state index in [9.17, 15) is 14.9 Å². The van der Waals surface area contributed by atoms with Crippen molar-refractivity contribution < 1.29 is 14.5 Å². The number of nitrogens with one attached hydrogen (secondary N) is 1. The molecule has 1 amide bonds. The summed E-state index contributed by atoms with van der Waals surface area (Å²) in [5, 5.41) is 14.3. The maximum absolute atomic E-state index is 12.3. The van der Waals surface area contributed by atoms with Crippen LogP contribution in [0, 0.1) is 10.1 Å². The lowest BCUT2D eigenvalue weighted by Gasteiger charge is -2.22. The van der Waals surface area contributed by atoms with Gasteiger partial charge in [0, 0.05) is 37.9 Å². The van der Waals surface area contributed by atoms with Crippen LogP contribution in [-0.2, 0) is 4.74 Å². The van der Waals surface area contributed by atoms with Gasteiger partial charge < -0.3 is 15.0 Å². The average Bonchev–Trinajstić information content (AvgIpc) is 2.99. The summed E-state index contributed by atoms with van der Waals surface area (Å²) in [5.74, 6) is -0.291. The fourth-order valence-electron chi connectivity index (χ4n) is 3.50. The molecule has 2 aliphatic heterocycles. The van der Waals surface area contributed by atoms with Gasteiger partial charge in [0.05, 0.1) is 11.0 Å². The number of carbonyl (C=O) groups is 1. The number of anilines is 1. The number of ether oxygens (including phenoxy) is 1. The van der Waals surface area contributed by atoms with E-state index in [1.165, 1.54) is 6.07 Å². The summed E-state index contributed by atoms with van der Waals surface area (Å²) >= 11 is 0. The van der Waals surface area contributed by atoms with Gasteiger partial charge in [-0.05, 0) is 37.8 Å². The first-order valence-corrected chi connectivity index (χ1v) is 9.08. The van der Waals surface area contributed by atoms with E-state index in [4.69, 9.17) is 4.74 Å². The Morgan fingerprint density at radius 1 is 1.24 bits per heavy atom. The molecule has 2 aliphatic rings. The van der Waals surface area contributed by atoms with Gasteiger partial charge in [0.25, 0.3) is 11.6 Å². The van der Waals surface area contributed by atoms with Gasteiger partial charge in [-0.15, -0.1) is 0 Å². The van der Waals surface area contributed by atoms with Crippen molar-refractivity contribution in [2.45, 2.75) is 44.6 Å². The first kappa shape index (κ1) is 17.7. The van der Waals surface area contributed by atoms with Crippen molar-refractivity contribution in [1.82, 2.24) is 5.32 Å². The standard InChI is InChI=1S/C18H25N3O4/c22-18(19-13-15-6-5-11-25-15)14-7-8-16(17(12-14)21(23)24)20-9-3-1-2-4-10-20/h7-8,12,15H,1-6,9-11,13H2,(H,19,22)/t15-/m0/s1. The molecule has 2 fully saturated rings. The van der Waals surface area contributed by atoms with Crippen molar-refractivity contribution in [1.29, 1.82) is 0 Å². The molecule has 1 atom stereocenters. The highest BCUT2D eigenvalue weighted by atomic mass is 16.6. The quantitative estimate of drug-likeness (QED) is 0.654. The second kappa shape index (κ2) is 8.29. The number of benzene rings is 1. The maximum atomic E-state index is 12.3. The zero-order valence-electron chi connectivity index (χ0n) is 14.4. The molecule has 1 N–H and O–H groups in total. The molecule has 7 nitrogen and oxygen atoms in total. The number of amides is 1. The predicted octanol–water partition coefficient (Wildman–Crippen LogP) is 2.88. The molecule has 136 valence electrons. The number of nitrogens with zero attached hydrogens (tertiary/aromatic N) is 2. The first-order chi connectivity index (χ1) is 12.1. The Bertz CT molecular complexity index is 621. The van der Waals surface area contributed by atoms with E-state index in [1.54, 1.807) is 12.1 Å². The molecule has 0 bridgehead atoms. The van der Waals surface area contributed by atoms with E-state index >= 15 is 0 Å². The molecule has 0 aliphatic carbocycles. The van der Waals surface area contributed by atoms with Crippen LogP contribution in [0.2, 0.25) is 0 Å². The average molecular weight is 347 g/mol. The Morgan fingerprint density at radius 3 is 2.64 bits per heavy atom. The van der Waals surface area contributed by atoms with Gasteiger partial charge >= 0.3 is 0 Å². The summed E-state index contributed by atoms with van der Waals surface area (Å²) in [6.45, 7) is 2.83. The smallest absolute Gasteiger partial charge is 0.293 e. The highest BCUT2D eigenvalue weighted by Gasteiger charge is 2.23. The second-order valence-electron chi connectivity index (χ2n) is 6.71. The Morgan fingerprint density at radius 2 is 2.00 bits per heavy atom. The van der Waals surface area contributed by atoms with Crippen LogP contribution in [0.4, 0.5) is 11.4 Å². The lowest BCUT2D eigenvalue weighted by molar-refractivity contribution is -0.384. The van der Waals surface area contributed by atoms with E-state index < -0.39 is 4.92 Å². The highest BCUT2D eigenvalue weighted by Crippen LogP contribution is 2.31. The second-order valence-corrected chi connectivity index (χ2v) is 6.71. The van der Waals surface area contributed by atoms with E-state index in [0.29, 0.717) is 17.8 Å². The maximum Gasteiger partial charge on any atom is 0.293 e. The molecule has 2 heterocycles. The van der Waals surface area contributed by atoms with Crippen molar-refractivity contribution in [3.63, 3.8) is 0 Å². The number of hydrogen-bond donors (Lipinski definition) is 1. The van der Waals surface area contributed by atoms with Gasteiger partial charge in [0.15, 0.2) is 0 Å². The summed E-state index contributed by atoms with van der Waals surface area (Å²) in [6.07, 6.45) is 6.41. The van der Waals surface area contributed by atoms with Gasteiger partial charge in [-0.25, -0.2) is 0 Å². The third kappa shape index (κ3) is 4.48. The molecule has 7 heteroatoms. The van der Waals surface area contributed by atoms with E-state index in [1.807, 2.05) is 0 Å². The number of rotatable bonds is 5. The van der Waals surface area contributed by atoms with Crippen molar-refractivity contribution in [2.24, 2.45) is 0 Å². The van der Waals surface area contributed by atoms with Crippen LogP contribution in [0.3, 0.4) is 0 Å². The van der Waals surface area contributed by atoms with Crippen molar-refractivity contribution in [3.8, 4) is 0 Å². The van der Waals surface area contributed by atoms with Crippen LogP contribution in [0.5, 0.6) is 0 Å². The zero-order chi connectivity index (χ0) is 17.6. The van der Waals surface area contributed by atoms with Gasteiger partial charge in [-0.3, -0.25) is 14.9 Å². The third-order valence-electron chi connectivity index (χ3n) is 4.90. The minimum Gasteiger partial charge on any atom is -0.376 e. The normalized spacial score (nSPS) is 21.0. The summed E-state index contributed by atoms with van der Waals surface area (Å²) in [7, 11) is 0. The molecular weight excluding hydrogens is 322 g/mol. The van der Waals surface area contributed by atoms with Crippen molar-refractivity contribution in [3.05, 3.63) is 33.9 Å². The first-order valence-electron chi connectivity index (χ1n) is 9.08. The van der Waals surface area contributed by atoms with Crippen LogP contribution < -0.4 is 10.2 Å². The van der Waals surface area contributed by atoms with E-state index in [2.05, 4.69) is 10.2 Å². The zero-order valence-corrected chi connectivity index (χ0v) is 14.4. The molecule has 3 rings (SSSR count). The van der Waals surface area contributed by atoms with E-state index in [-0.39, 0.29) is 17.7 Å². The van der Waals surface area contributed by atoms with Gasteiger partial charge in [0.2, 0.25) is 0 Å². The molecule has 1 aromatic carbocycles. The molecule has 25 heavy (non-hydrogen) atoms. The predicted molar refractivity (Wildman–Crippen MR) is 95.1 cm³/mol. The van der Waals surface area contributed by atoms with Crippen molar-refractivity contribution in [2.75, 3.05) is 31.1 Å². The summed E-state index contributed by atoms with van der Waals surface area (Å²) < 4.78 is 5.48. The number of hydrogen-bond acceptors (Lipinski definition) is 5. The minimum absolute atomic E-state index is 0.00617. The summed E-state index contributed by atoms with van der Waals surface area (Å²) in [6, 6.07) is 4.79. The van der Waals surface area contributed by atoms with Crippen LogP contribution in [0.15, 0.2) is 18.2 Å². The Balaban J connectivity index is 1.73. The van der Waals surface area contributed by atoms with Crippen LogP contribution in [0.25, 0.3) is 0 Å². The van der Waals surface area contributed by atoms with Gasteiger partial charge in [-0.2, -0.15) is 0 Å². The van der Waals surface area contributed by atoms with Crippen LogP contribution in [-0.4, -0.2) is 43.2 Å². The van der Waals surface area contributed by atoms with E-state index in [0.717, 1.165) is 58.2 Å². The Kier molecular flexibility index (Phi) is 5.86. The lowest BCUT2D eigenvalue weighted by atomic mass is 10.1. The van der Waals surface area contributed by atoms with Crippen LogP contribution in [0.1, 0.15) is 48.9 Å². The highest BCUT2D eigenvalue weighted by molar-refractivity contribution is 5.95. The van der Waals surface area contributed by atoms with Gasteiger partial charge in [-0.1, -0.05) is 12.8 Å². The third-order valence-corrected chi connectivity index (χ3v) is 4.90. The van der Waals surface area contributed by atoms with Gasteiger partial charge in [0.1, 0.15) is 5.69 Å². The molecule has 0 aromatic heterocycles. The van der Waals surface area contributed by atoms with Crippen molar-refractivity contribution >= 4 is 17.3 Å². The Labute approximate surface area is 147 Å². The Hall–Kier alpha value is -2.15. The number of nitro benzene ring substituents is 1. The molecule has 0 radical (unpaired) electrons. The number of carbonyl (C=O) groups excluding carboxylic acids is 1. The fraction of sp³-hybridized carbons (Fsp3) is 0.611. The fourth-order valence-corrected chi connectivity index (χ4v) is 3.50. The molecule has 0 saturated carbocycles. The topological polar surface area (TPSA) is 84.7 Å². The largest absolute Gasteiger partial charge is 0.376 e. The van der Waals surface area contributed by atoms with Crippen LogP contribution >= 0.6 is 0 Å². The molecule has 1 aromatic rings. The lowest BCUT2D eigenvalue weighted by Crippen LogP contribution is -2.32. The minimum atomic E-state index is -0.392. The molecule has 0 unspecified atom stereocenters. The monoisotopic (exact) mass is 347 g/mol.